The Morgan fingerprint density at radius 3 is 2.75 bits per heavy atom. The van der Waals surface area contributed by atoms with Crippen LogP contribution in [0.5, 0.6) is 0 Å². The molecule has 3 rings (SSSR count). The van der Waals surface area contributed by atoms with Crippen LogP contribution in [0.1, 0.15) is 64.7 Å². The summed E-state index contributed by atoms with van der Waals surface area (Å²) in [5, 5.41) is 0. The number of unbranched alkanes of at least 4 members (excludes halogenated alkanes) is 4. The van der Waals surface area contributed by atoms with E-state index in [1.807, 2.05) is 0 Å². The highest BCUT2D eigenvalue weighted by Gasteiger charge is 2.46. The zero-order valence-corrected chi connectivity index (χ0v) is 13.1. The lowest BCUT2D eigenvalue weighted by Crippen LogP contribution is -2.27. The van der Waals surface area contributed by atoms with Crippen molar-refractivity contribution in [3.05, 3.63) is 30.7 Å². The predicted octanol–water partition coefficient (Wildman–Crippen LogP) is 5.83. The standard InChI is InChI=1S/C20H30/c1-2-3-4-5-6-10-16-12-9-14-19-18-13-8-7-11-17(18)15-20(16)19/h7-8,11,13,16-20H,2-6,9-10,12,14H2,1H3. The van der Waals surface area contributed by atoms with Crippen molar-refractivity contribution in [3.63, 3.8) is 0 Å². The second-order valence-electron chi connectivity index (χ2n) is 7.12. The van der Waals surface area contributed by atoms with Crippen LogP contribution in [0.3, 0.4) is 0 Å². The van der Waals surface area contributed by atoms with Crippen LogP contribution >= 0.6 is 0 Å². The minimum absolute atomic E-state index is 0.635. The molecule has 0 heteroatoms. The van der Waals surface area contributed by atoms with E-state index in [1.54, 1.807) is 0 Å². The fraction of sp³-hybridized carbons (Fsp3) is 0.750. The third kappa shape index (κ3) is 3.05. The summed E-state index contributed by atoms with van der Waals surface area (Å²) in [4.78, 5) is 0. The molecular weight excluding hydrogens is 240 g/mol. The van der Waals surface area contributed by atoms with Crippen LogP contribution in [0, 0.1) is 36.0 Å². The fourth-order valence-corrected chi connectivity index (χ4v) is 4.77. The van der Waals surface area contributed by atoms with Crippen molar-refractivity contribution in [1.29, 1.82) is 0 Å². The lowest BCUT2D eigenvalue weighted by atomic mass is 9.70. The molecule has 2 fully saturated rings. The van der Waals surface area contributed by atoms with Crippen molar-refractivity contribution in [2.45, 2.75) is 64.7 Å². The summed E-state index contributed by atoms with van der Waals surface area (Å²) in [7, 11) is 0. The van der Waals surface area contributed by atoms with Crippen molar-refractivity contribution in [2.24, 2.45) is 29.6 Å². The molecule has 0 aromatic carbocycles. The van der Waals surface area contributed by atoms with Crippen molar-refractivity contribution in [2.75, 3.05) is 0 Å². The van der Waals surface area contributed by atoms with Crippen LogP contribution in [0.25, 0.3) is 0 Å². The van der Waals surface area contributed by atoms with Crippen molar-refractivity contribution in [3.8, 4) is 0 Å². The Hall–Kier alpha value is -0.520. The first-order valence-electron chi connectivity index (χ1n) is 9.01. The normalized spacial score (nSPS) is 38.8. The van der Waals surface area contributed by atoms with Crippen LogP contribution in [0.4, 0.5) is 0 Å². The zero-order chi connectivity index (χ0) is 13.8. The molecule has 110 valence electrons. The molecule has 5 atom stereocenters. The van der Waals surface area contributed by atoms with Gasteiger partial charge in [-0.3, -0.25) is 0 Å². The third-order valence-electron chi connectivity index (χ3n) is 5.82. The summed E-state index contributed by atoms with van der Waals surface area (Å²) >= 11 is 0. The third-order valence-corrected chi connectivity index (χ3v) is 5.82. The van der Waals surface area contributed by atoms with Crippen molar-refractivity contribution >= 4 is 0 Å². The Labute approximate surface area is 125 Å². The Morgan fingerprint density at radius 2 is 1.85 bits per heavy atom. The Morgan fingerprint density at radius 1 is 1.00 bits per heavy atom. The largest absolute Gasteiger partial charge is 0.0805 e. The maximum Gasteiger partial charge on any atom is -0.00530 e. The summed E-state index contributed by atoms with van der Waals surface area (Å²) < 4.78 is 0. The lowest BCUT2D eigenvalue weighted by molar-refractivity contribution is 0.171. The van der Waals surface area contributed by atoms with Crippen LogP contribution in [-0.2, 0) is 0 Å². The average Bonchev–Trinajstić information content (AvgIpc) is 2.87. The summed E-state index contributed by atoms with van der Waals surface area (Å²) in [6.45, 7) is 2.30. The summed E-state index contributed by atoms with van der Waals surface area (Å²) in [5.41, 5.74) is 0. The number of rotatable bonds is 6. The van der Waals surface area contributed by atoms with E-state index in [0.717, 1.165) is 23.7 Å². The second-order valence-corrected chi connectivity index (χ2v) is 7.12. The van der Waals surface area contributed by atoms with Gasteiger partial charge in [0.1, 0.15) is 0 Å². The molecule has 2 saturated carbocycles. The average molecular weight is 270 g/mol. The van der Waals surface area contributed by atoms with Gasteiger partial charge in [0.05, 0.1) is 0 Å². The molecule has 3 aliphatic rings. The molecule has 0 amide bonds. The van der Waals surface area contributed by atoms with E-state index in [1.165, 1.54) is 57.8 Å². The van der Waals surface area contributed by atoms with E-state index >= 15 is 0 Å². The molecule has 0 aromatic heterocycles. The monoisotopic (exact) mass is 270 g/mol. The maximum absolute atomic E-state index is 3.96. The molecule has 20 heavy (non-hydrogen) atoms. The van der Waals surface area contributed by atoms with Gasteiger partial charge in [0.2, 0.25) is 0 Å². The number of fused-ring (bicyclic) bond motifs is 3. The van der Waals surface area contributed by atoms with E-state index in [0.29, 0.717) is 5.92 Å². The van der Waals surface area contributed by atoms with E-state index in [2.05, 4.69) is 37.6 Å². The highest BCUT2D eigenvalue weighted by Crippen LogP contribution is 2.53. The SMILES string of the molecule is CCCCCCCC1CCCC2C1[C]C1C=CC=CC12. The number of hydrogen-bond donors (Lipinski definition) is 0. The molecule has 0 aliphatic heterocycles. The topological polar surface area (TPSA) is 0 Å². The number of allylic oxidation sites excluding steroid dienone is 4. The van der Waals surface area contributed by atoms with E-state index in [4.69, 9.17) is 0 Å². The first kappa shape index (κ1) is 14.4. The summed E-state index contributed by atoms with van der Waals surface area (Å²) in [6, 6.07) is 0. The van der Waals surface area contributed by atoms with Gasteiger partial charge in [0.25, 0.3) is 0 Å². The molecule has 3 aliphatic carbocycles. The van der Waals surface area contributed by atoms with Crippen LogP contribution < -0.4 is 0 Å². The van der Waals surface area contributed by atoms with Gasteiger partial charge in [-0.25, -0.2) is 0 Å². The lowest BCUT2D eigenvalue weighted by Gasteiger charge is -2.35. The number of hydrogen-bond acceptors (Lipinski definition) is 0. The quantitative estimate of drug-likeness (QED) is 0.532. The van der Waals surface area contributed by atoms with Gasteiger partial charge in [0, 0.05) is 0 Å². The van der Waals surface area contributed by atoms with Gasteiger partial charge in [-0.05, 0) is 42.4 Å². The molecule has 0 nitrogen and oxygen atoms in total. The van der Waals surface area contributed by atoms with Gasteiger partial charge >= 0.3 is 0 Å². The van der Waals surface area contributed by atoms with Crippen LogP contribution in [0.2, 0.25) is 0 Å². The first-order chi connectivity index (χ1) is 9.90. The van der Waals surface area contributed by atoms with Crippen LogP contribution in [-0.4, -0.2) is 0 Å². The highest BCUT2D eigenvalue weighted by molar-refractivity contribution is 5.23. The van der Waals surface area contributed by atoms with Gasteiger partial charge in [-0.15, -0.1) is 0 Å². The minimum Gasteiger partial charge on any atom is -0.0805 e. The van der Waals surface area contributed by atoms with Gasteiger partial charge < -0.3 is 0 Å². The molecule has 0 heterocycles. The van der Waals surface area contributed by atoms with Gasteiger partial charge in [-0.2, -0.15) is 0 Å². The van der Waals surface area contributed by atoms with E-state index < -0.39 is 0 Å². The smallest absolute Gasteiger partial charge is 0.00530 e. The Bertz CT molecular complexity index is 351. The second kappa shape index (κ2) is 6.96. The molecule has 0 N–H and O–H groups in total. The van der Waals surface area contributed by atoms with Crippen molar-refractivity contribution < 1.29 is 0 Å². The first-order valence-corrected chi connectivity index (χ1v) is 9.01. The highest BCUT2D eigenvalue weighted by atomic mass is 14.5. The van der Waals surface area contributed by atoms with E-state index in [9.17, 15) is 0 Å². The van der Waals surface area contributed by atoms with Crippen LogP contribution in [0.15, 0.2) is 24.3 Å². The summed E-state index contributed by atoms with van der Waals surface area (Å²) in [5.74, 6) is 4.08. The van der Waals surface area contributed by atoms with E-state index in [-0.39, 0.29) is 0 Å². The predicted molar refractivity (Wildman–Crippen MR) is 86.2 cm³/mol. The van der Waals surface area contributed by atoms with Gasteiger partial charge in [-0.1, -0.05) is 82.6 Å². The zero-order valence-electron chi connectivity index (χ0n) is 13.1. The summed E-state index contributed by atoms with van der Waals surface area (Å²) in [6.07, 6.45) is 26.3. The molecule has 0 bridgehead atoms. The minimum atomic E-state index is 0.635. The van der Waals surface area contributed by atoms with Gasteiger partial charge in [0.15, 0.2) is 0 Å². The molecule has 0 aromatic rings. The Kier molecular flexibility index (Phi) is 5.02. The Balaban J connectivity index is 1.52. The van der Waals surface area contributed by atoms with Crippen molar-refractivity contribution in [1.82, 2.24) is 0 Å². The maximum atomic E-state index is 3.96. The molecule has 0 spiro atoms. The fourth-order valence-electron chi connectivity index (χ4n) is 4.77. The molecule has 0 saturated heterocycles. The molecule has 5 unspecified atom stereocenters. The molecular formula is C20H30. The molecule has 2 radical (unpaired) electrons.